The van der Waals surface area contributed by atoms with E-state index in [0.29, 0.717) is 54.0 Å². The summed E-state index contributed by atoms with van der Waals surface area (Å²) in [5, 5.41) is 5.13. The Balaban J connectivity index is 1.67. The van der Waals surface area contributed by atoms with Crippen LogP contribution in [-0.2, 0) is 10.0 Å². The first-order valence-electron chi connectivity index (χ1n) is 9.91. The maximum Gasteiger partial charge on any atom is 0.254 e. The van der Waals surface area contributed by atoms with E-state index in [0.717, 1.165) is 6.26 Å². The van der Waals surface area contributed by atoms with Crippen LogP contribution in [0.25, 0.3) is 22.5 Å². The number of rotatable bonds is 5. The Hall–Kier alpha value is -2.72. The molecular weight excluding hydrogens is 406 g/mol. The van der Waals surface area contributed by atoms with Crippen molar-refractivity contribution in [3.63, 3.8) is 0 Å². The molecule has 0 bridgehead atoms. The molecule has 3 aromatic rings. The Labute approximate surface area is 175 Å². The van der Waals surface area contributed by atoms with E-state index in [1.165, 1.54) is 0 Å². The number of carbonyl (C=O) groups excluding carboxylic acids is 1. The van der Waals surface area contributed by atoms with Gasteiger partial charge in [0.15, 0.2) is 11.4 Å². The van der Waals surface area contributed by atoms with Gasteiger partial charge in [-0.3, -0.25) is 4.79 Å². The van der Waals surface area contributed by atoms with Crippen molar-refractivity contribution in [1.29, 1.82) is 0 Å². The maximum atomic E-state index is 13.4. The third kappa shape index (κ3) is 4.10. The number of hydrogen-bond donors (Lipinski definition) is 1. The van der Waals surface area contributed by atoms with Crippen LogP contribution in [0.2, 0.25) is 0 Å². The Kier molecular flexibility index (Phi) is 5.37. The maximum absolute atomic E-state index is 13.4. The smallest absolute Gasteiger partial charge is 0.254 e. The molecule has 160 valence electrons. The second-order valence-corrected chi connectivity index (χ2v) is 9.69. The van der Waals surface area contributed by atoms with Crippen LogP contribution < -0.4 is 4.72 Å². The Morgan fingerprint density at radius 1 is 1.30 bits per heavy atom. The summed E-state index contributed by atoms with van der Waals surface area (Å²) in [4.78, 5) is 19.9. The van der Waals surface area contributed by atoms with Gasteiger partial charge in [0.25, 0.3) is 5.91 Å². The average molecular weight is 432 g/mol. The monoisotopic (exact) mass is 431 g/mol. The summed E-state index contributed by atoms with van der Waals surface area (Å²) in [5.41, 5.74) is 1.73. The quantitative estimate of drug-likeness (QED) is 0.664. The highest BCUT2D eigenvalue weighted by Crippen LogP contribution is 2.28. The van der Waals surface area contributed by atoms with Crippen molar-refractivity contribution in [2.75, 3.05) is 19.3 Å². The molecule has 1 amide bonds. The number of sulfonamides is 1. The van der Waals surface area contributed by atoms with E-state index in [4.69, 9.17) is 9.40 Å². The van der Waals surface area contributed by atoms with Gasteiger partial charge in [-0.15, -0.1) is 0 Å². The topological polar surface area (TPSA) is 110 Å². The van der Waals surface area contributed by atoms with Crippen LogP contribution in [0, 0.1) is 0 Å². The zero-order valence-corrected chi connectivity index (χ0v) is 18.0. The van der Waals surface area contributed by atoms with Crippen molar-refractivity contribution < 1.29 is 17.6 Å². The average Bonchev–Trinajstić information content (AvgIpc) is 3.35. The van der Waals surface area contributed by atoms with Gasteiger partial charge in [0.2, 0.25) is 10.0 Å². The van der Waals surface area contributed by atoms with Crippen LogP contribution in [0.4, 0.5) is 0 Å². The minimum absolute atomic E-state index is 0.0858. The van der Waals surface area contributed by atoms with Gasteiger partial charge >= 0.3 is 0 Å². The standard InChI is InChI=1S/C20H25N5O4S/c1-13(2)25-19-16(12-21-25)15(11-17(22-19)18-5-4-10-29-18)20(26)24-8-6-14(7-9-24)23-30(3,27)28/h4-5,10-14,23H,6-9H2,1-3H3. The molecule has 10 heteroatoms. The highest BCUT2D eigenvalue weighted by Gasteiger charge is 2.28. The number of likely N-dealkylation sites (tertiary alicyclic amines) is 1. The Morgan fingerprint density at radius 3 is 2.63 bits per heavy atom. The molecule has 0 spiro atoms. The molecule has 1 aliphatic rings. The van der Waals surface area contributed by atoms with Crippen LogP contribution >= 0.6 is 0 Å². The van der Waals surface area contributed by atoms with Crippen LogP contribution in [0.5, 0.6) is 0 Å². The van der Waals surface area contributed by atoms with Crippen molar-refractivity contribution in [2.24, 2.45) is 0 Å². The van der Waals surface area contributed by atoms with Gasteiger partial charge in [0.05, 0.1) is 29.7 Å². The van der Waals surface area contributed by atoms with E-state index in [1.807, 2.05) is 13.8 Å². The van der Waals surface area contributed by atoms with E-state index in [2.05, 4.69) is 9.82 Å². The van der Waals surface area contributed by atoms with Crippen molar-refractivity contribution in [3.05, 3.63) is 36.2 Å². The van der Waals surface area contributed by atoms with E-state index in [-0.39, 0.29) is 18.0 Å². The van der Waals surface area contributed by atoms with E-state index in [1.54, 1.807) is 40.2 Å². The lowest BCUT2D eigenvalue weighted by molar-refractivity contribution is 0.0713. The molecule has 1 N–H and O–H groups in total. The second kappa shape index (κ2) is 7.84. The van der Waals surface area contributed by atoms with E-state index >= 15 is 0 Å². The summed E-state index contributed by atoms with van der Waals surface area (Å²) in [7, 11) is -3.26. The van der Waals surface area contributed by atoms with E-state index in [9.17, 15) is 13.2 Å². The highest BCUT2D eigenvalue weighted by atomic mass is 32.2. The molecule has 0 aromatic carbocycles. The predicted octanol–water partition coefficient (Wildman–Crippen LogP) is 2.43. The summed E-state index contributed by atoms with van der Waals surface area (Å²) in [6, 6.07) is 5.27. The highest BCUT2D eigenvalue weighted by molar-refractivity contribution is 7.88. The third-order valence-corrected chi connectivity index (χ3v) is 5.98. The van der Waals surface area contributed by atoms with Gasteiger partial charge < -0.3 is 9.32 Å². The first kappa shape index (κ1) is 20.5. The second-order valence-electron chi connectivity index (χ2n) is 7.91. The van der Waals surface area contributed by atoms with E-state index < -0.39 is 10.0 Å². The molecule has 4 heterocycles. The Morgan fingerprint density at radius 2 is 2.03 bits per heavy atom. The minimum Gasteiger partial charge on any atom is -0.463 e. The third-order valence-electron chi connectivity index (χ3n) is 5.22. The van der Waals surface area contributed by atoms with Gasteiger partial charge in [0.1, 0.15) is 5.69 Å². The van der Waals surface area contributed by atoms with Gasteiger partial charge in [-0.2, -0.15) is 5.10 Å². The summed E-state index contributed by atoms with van der Waals surface area (Å²) < 4.78 is 32.9. The molecule has 1 fully saturated rings. The zero-order valence-electron chi connectivity index (χ0n) is 17.2. The fourth-order valence-corrected chi connectivity index (χ4v) is 4.64. The van der Waals surface area contributed by atoms with Crippen LogP contribution in [0.15, 0.2) is 35.1 Å². The molecule has 1 saturated heterocycles. The van der Waals surface area contributed by atoms with Gasteiger partial charge in [-0.25, -0.2) is 22.8 Å². The van der Waals surface area contributed by atoms with Crippen LogP contribution in [-0.4, -0.2) is 59.4 Å². The summed E-state index contributed by atoms with van der Waals surface area (Å²) in [5.74, 6) is 0.467. The van der Waals surface area contributed by atoms with Crippen molar-refractivity contribution in [1.82, 2.24) is 24.4 Å². The first-order chi connectivity index (χ1) is 14.2. The lowest BCUT2D eigenvalue weighted by atomic mass is 10.0. The number of fused-ring (bicyclic) bond motifs is 1. The lowest BCUT2D eigenvalue weighted by Crippen LogP contribution is -2.46. The minimum atomic E-state index is -3.26. The number of pyridine rings is 1. The molecule has 1 aliphatic heterocycles. The van der Waals surface area contributed by atoms with Crippen LogP contribution in [0.1, 0.15) is 43.1 Å². The van der Waals surface area contributed by atoms with Gasteiger partial charge in [-0.1, -0.05) is 0 Å². The molecule has 4 rings (SSSR count). The normalized spacial score (nSPS) is 15.9. The Bertz CT molecular complexity index is 1160. The number of furan rings is 1. The number of aromatic nitrogens is 3. The molecule has 9 nitrogen and oxygen atoms in total. The van der Waals surface area contributed by atoms with Gasteiger partial charge in [0, 0.05) is 25.2 Å². The molecule has 3 aromatic heterocycles. The molecule has 0 aliphatic carbocycles. The molecule has 0 saturated carbocycles. The molecular formula is C20H25N5O4S. The lowest BCUT2D eigenvalue weighted by Gasteiger charge is -2.32. The summed E-state index contributed by atoms with van der Waals surface area (Å²) in [6.07, 6.45) is 5.55. The van der Waals surface area contributed by atoms with Crippen molar-refractivity contribution in [3.8, 4) is 11.5 Å². The molecule has 0 atom stereocenters. The number of nitrogens with one attached hydrogen (secondary N) is 1. The number of hydrogen-bond acceptors (Lipinski definition) is 6. The SMILES string of the molecule is CC(C)n1ncc2c(C(=O)N3CCC(NS(C)(=O)=O)CC3)cc(-c3ccco3)nc21. The fraction of sp³-hybridized carbons (Fsp3) is 0.450. The summed E-state index contributed by atoms with van der Waals surface area (Å²) >= 11 is 0. The first-order valence-corrected chi connectivity index (χ1v) is 11.8. The number of carbonyl (C=O) groups is 1. The number of piperidine rings is 1. The van der Waals surface area contributed by atoms with Crippen molar-refractivity contribution in [2.45, 2.75) is 38.8 Å². The predicted molar refractivity (Wildman–Crippen MR) is 113 cm³/mol. The number of nitrogens with zero attached hydrogens (tertiary/aromatic N) is 4. The van der Waals surface area contributed by atoms with Crippen LogP contribution in [0.3, 0.4) is 0 Å². The molecule has 30 heavy (non-hydrogen) atoms. The largest absolute Gasteiger partial charge is 0.463 e. The molecule has 0 radical (unpaired) electrons. The summed E-state index contributed by atoms with van der Waals surface area (Å²) in [6.45, 7) is 4.97. The number of amides is 1. The zero-order chi connectivity index (χ0) is 21.5. The fourth-order valence-electron chi connectivity index (χ4n) is 3.80. The van der Waals surface area contributed by atoms with Crippen molar-refractivity contribution >= 4 is 27.0 Å². The molecule has 0 unspecified atom stereocenters. The van der Waals surface area contributed by atoms with Gasteiger partial charge in [-0.05, 0) is 44.9 Å².